The van der Waals surface area contributed by atoms with E-state index in [0.29, 0.717) is 17.3 Å². The summed E-state index contributed by atoms with van der Waals surface area (Å²) >= 11 is 5.75. The highest BCUT2D eigenvalue weighted by Gasteiger charge is 2.23. The molecule has 0 saturated carbocycles. The van der Waals surface area contributed by atoms with Crippen LogP contribution in [0.3, 0.4) is 0 Å². The van der Waals surface area contributed by atoms with Crippen LogP contribution in [0.4, 0.5) is 4.39 Å². The van der Waals surface area contributed by atoms with Crippen molar-refractivity contribution < 1.29 is 14.3 Å². The summed E-state index contributed by atoms with van der Waals surface area (Å²) in [5.74, 6) is -1.58. The standard InChI is InChI=1S/C14H11ClFNO2/c15-9-5-8-12(6-10(9)16)17-11-4-2-1-3-7(11)13(8)14(18)19/h5-6H,1-4H2,(H,18,19). The van der Waals surface area contributed by atoms with Gasteiger partial charge in [0.1, 0.15) is 5.82 Å². The predicted molar refractivity (Wildman–Crippen MR) is 70.3 cm³/mol. The predicted octanol–water partition coefficient (Wildman–Crippen LogP) is 3.60. The number of benzene rings is 1. The maximum atomic E-state index is 13.5. The summed E-state index contributed by atoms with van der Waals surface area (Å²) < 4.78 is 13.5. The first-order valence-corrected chi connectivity index (χ1v) is 6.49. The van der Waals surface area contributed by atoms with Crippen LogP contribution < -0.4 is 0 Å². The molecule has 0 radical (unpaired) electrons. The van der Waals surface area contributed by atoms with Gasteiger partial charge in [-0.2, -0.15) is 0 Å². The lowest BCUT2D eigenvalue weighted by Crippen LogP contribution is -2.13. The molecule has 0 spiro atoms. The van der Waals surface area contributed by atoms with Gasteiger partial charge in [0.25, 0.3) is 0 Å². The third-order valence-corrected chi connectivity index (χ3v) is 3.81. The number of aromatic carboxylic acids is 1. The van der Waals surface area contributed by atoms with Gasteiger partial charge in [-0.3, -0.25) is 4.98 Å². The summed E-state index contributed by atoms with van der Waals surface area (Å²) in [6.07, 6.45) is 3.39. The first-order chi connectivity index (χ1) is 9.08. The first-order valence-electron chi connectivity index (χ1n) is 6.11. The second-order valence-electron chi connectivity index (χ2n) is 4.71. The van der Waals surface area contributed by atoms with Crippen LogP contribution >= 0.6 is 11.6 Å². The van der Waals surface area contributed by atoms with Crippen LogP contribution in [-0.4, -0.2) is 16.1 Å². The fourth-order valence-electron chi connectivity index (χ4n) is 2.66. The van der Waals surface area contributed by atoms with E-state index < -0.39 is 11.8 Å². The number of nitrogens with zero attached hydrogens (tertiary/aromatic N) is 1. The van der Waals surface area contributed by atoms with E-state index in [9.17, 15) is 14.3 Å². The number of aromatic nitrogens is 1. The Bertz CT molecular complexity index is 700. The molecule has 2 aromatic rings. The third kappa shape index (κ3) is 1.96. The molecule has 3 rings (SSSR count). The second-order valence-corrected chi connectivity index (χ2v) is 5.11. The summed E-state index contributed by atoms with van der Waals surface area (Å²) in [5, 5.41) is 9.77. The van der Waals surface area contributed by atoms with Gasteiger partial charge >= 0.3 is 5.97 Å². The van der Waals surface area contributed by atoms with Gasteiger partial charge in [0.2, 0.25) is 0 Å². The van der Waals surface area contributed by atoms with Gasteiger partial charge in [-0.15, -0.1) is 0 Å². The Labute approximate surface area is 114 Å². The first kappa shape index (κ1) is 12.4. The van der Waals surface area contributed by atoms with Crippen LogP contribution in [0.15, 0.2) is 12.1 Å². The van der Waals surface area contributed by atoms with E-state index in [-0.39, 0.29) is 10.6 Å². The molecular weight excluding hydrogens is 269 g/mol. The summed E-state index contributed by atoms with van der Waals surface area (Å²) in [6.45, 7) is 0. The number of fused-ring (bicyclic) bond motifs is 2. The summed E-state index contributed by atoms with van der Waals surface area (Å²) in [4.78, 5) is 15.9. The van der Waals surface area contributed by atoms with Crippen LogP contribution in [0.2, 0.25) is 5.02 Å². The van der Waals surface area contributed by atoms with Crippen LogP contribution in [0.25, 0.3) is 10.9 Å². The maximum absolute atomic E-state index is 13.5. The molecule has 19 heavy (non-hydrogen) atoms. The topological polar surface area (TPSA) is 50.2 Å². The zero-order chi connectivity index (χ0) is 13.6. The average Bonchev–Trinajstić information content (AvgIpc) is 2.37. The summed E-state index contributed by atoms with van der Waals surface area (Å²) in [6, 6.07) is 2.57. The number of rotatable bonds is 1. The van der Waals surface area contributed by atoms with Crippen LogP contribution in [-0.2, 0) is 12.8 Å². The van der Waals surface area contributed by atoms with Gasteiger partial charge in [-0.05, 0) is 37.3 Å². The number of carboxylic acid groups (broad SMARTS) is 1. The molecule has 1 aliphatic rings. The minimum Gasteiger partial charge on any atom is -0.478 e. The molecule has 1 N–H and O–H groups in total. The zero-order valence-corrected chi connectivity index (χ0v) is 10.8. The SMILES string of the molecule is O=C(O)c1c2c(nc3cc(F)c(Cl)cc13)CCCC2. The van der Waals surface area contributed by atoms with Crippen molar-refractivity contribution >= 4 is 28.5 Å². The highest BCUT2D eigenvalue weighted by Crippen LogP contribution is 2.31. The Morgan fingerprint density at radius 3 is 2.79 bits per heavy atom. The number of hydrogen-bond donors (Lipinski definition) is 1. The van der Waals surface area contributed by atoms with Crippen LogP contribution in [0.5, 0.6) is 0 Å². The Morgan fingerprint density at radius 1 is 1.32 bits per heavy atom. The highest BCUT2D eigenvalue weighted by molar-refractivity contribution is 6.31. The van der Waals surface area contributed by atoms with E-state index in [1.807, 2.05) is 0 Å². The summed E-state index contributed by atoms with van der Waals surface area (Å²) in [7, 11) is 0. The van der Waals surface area contributed by atoms with Crippen molar-refractivity contribution in [2.45, 2.75) is 25.7 Å². The molecule has 3 nitrogen and oxygen atoms in total. The normalized spacial score (nSPS) is 14.4. The Hall–Kier alpha value is -1.68. The molecule has 1 aromatic carbocycles. The van der Waals surface area contributed by atoms with Gasteiger partial charge in [0, 0.05) is 17.1 Å². The van der Waals surface area contributed by atoms with Gasteiger partial charge in [0.15, 0.2) is 0 Å². The third-order valence-electron chi connectivity index (χ3n) is 3.52. The molecule has 0 fully saturated rings. The van der Waals surface area contributed by atoms with E-state index in [2.05, 4.69) is 4.98 Å². The second kappa shape index (κ2) is 4.46. The lowest BCUT2D eigenvalue weighted by atomic mass is 9.90. The fourth-order valence-corrected chi connectivity index (χ4v) is 2.83. The quantitative estimate of drug-likeness (QED) is 0.867. The lowest BCUT2D eigenvalue weighted by molar-refractivity contribution is 0.0697. The number of pyridine rings is 1. The molecule has 1 aromatic heterocycles. The minimum absolute atomic E-state index is 0.0763. The number of hydrogen-bond acceptors (Lipinski definition) is 2. The highest BCUT2D eigenvalue weighted by atomic mass is 35.5. The van der Waals surface area contributed by atoms with Gasteiger partial charge in [-0.25, -0.2) is 9.18 Å². The smallest absolute Gasteiger partial charge is 0.336 e. The van der Waals surface area contributed by atoms with Crippen molar-refractivity contribution in [2.24, 2.45) is 0 Å². The number of aryl methyl sites for hydroxylation is 1. The molecular formula is C14H11ClFNO2. The molecule has 0 saturated heterocycles. The van der Waals surface area contributed by atoms with E-state index in [4.69, 9.17) is 11.6 Å². The van der Waals surface area contributed by atoms with Crippen LogP contribution in [0, 0.1) is 5.82 Å². The average molecular weight is 280 g/mol. The maximum Gasteiger partial charge on any atom is 0.336 e. The molecule has 0 aliphatic heterocycles. The van der Waals surface area contributed by atoms with Gasteiger partial charge in [-0.1, -0.05) is 11.6 Å². The van der Waals surface area contributed by atoms with Crippen molar-refractivity contribution in [1.82, 2.24) is 4.98 Å². The molecule has 0 amide bonds. The van der Waals surface area contributed by atoms with E-state index >= 15 is 0 Å². The van der Waals surface area contributed by atoms with E-state index in [1.54, 1.807) is 0 Å². The Balaban J connectivity index is 2.42. The van der Waals surface area contributed by atoms with Crippen molar-refractivity contribution in [3.63, 3.8) is 0 Å². The lowest BCUT2D eigenvalue weighted by Gasteiger charge is -2.18. The fraction of sp³-hybridized carbons (Fsp3) is 0.286. The molecule has 98 valence electrons. The zero-order valence-electron chi connectivity index (χ0n) is 10.0. The van der Waals surface area contributed by atoms with Crippen molar-refractivity contribution in [2.75, 3.05) is 0 Å². The molecule has 0 unspecified atom stereocenters. The van der Waals surface area contributed by atoms with Crippen molar-refractivity contribution in [3.8, 4) is 0 Å². The minimum atomic E-state index is -1.01. The molecule has 1 heterocycles. The van der Waals surface area contributed by atoms with Crippen molar-refractivity contribution in [1.29, 1.82) is 0 Å². The Morgan fingerprint density at radius 2 is 2.05 bits per heavy atom. The molecule has 0 atom stereocenters. The van der Waals surface area contributed by atoms with E-state index in [0.717, 1.165) is 30.5 Å². The molecule has 5 heteroatoms. The van der Waals surface area contributed by atoms with Crippen molar-refractivity contribution in [3.05, 3.63) is 39.8 Å². The number of halogens is 2. The molecule has 0 bridgehead atoms. The van der Waals surface area contributed by atoms with E-state index in [1.165, 1.54) is 12.1 Å². The van der Waals surface area contributed by atoms with Crippen LogP contribution in [0.1, 0.15) is 34.5 Å². The van der Waals surface area contributed by atoms with Gasteiger partial charge < -0.3 is 5.11 Å². The van der Waals surface area contributed by atoms with Gasteiger partial charge in [0.05, 0.1) is 16.1 Å². The number of carbonyl (C=O) groups is 1. The number of carboxylic acids is 1. The monoisotopic (exact) mass is 279 g/mol. The largest absolute Gasteiger partial charge is 0.478 e. The summed E-state index contributed by atoms with van der Waals surface area (Å²) in [5.41, 5.74) is 2.13. The molecule has 1 aliphatic carbocycles. The Kier molecular flexibility index (Phi) is 2.90.